The van der Waals surface area contributed by atoms with Crippen molar-refractivity contribution >= 4 is 17.9 Å². The van der Waals surface area contributed by atoms with Crippen LogP contribution in [0, 0.1) is 0 Å². The minimum absolute atomic E-state index is 0.214. The second-order valence-corrected chi connectivity index (χ2v) is 9.47. The Morgan fingerprint density at radius 3 is 2.07 bits per heavy atom. The van der Waals surface area contributed by atoms with Gasteiger partial charge in [0.15, 0.2) is 0 Å². The fraction of sp³-hybridized carbons (Fsp3) is 0.609. The number of amides is 3. The lowest BCUT2D eigenvalue weighted by Gasteiger charge is -2.37. The van der Waals surface area contributed by atoms with Crippen LogP contribution in [0.2, 0.25) is 0 Å². The molecule has 0 spiro atoms. The largest absolute Gasteiger partial charge is 0.444 e. The van der Waals surface area contributed by atoms with Crippen LogP contribution in [0.15, 0.2) is 30.3 Å². The normalized spacial score (nSPS) is 13.7. The van der Waals surface area contributed by atoms with Crippen molar-refractivity contribution in [2.24, 2.45) is 0 Å². The standard InChI is InChI=1S/C23H37N3O4/c1-9-16(2)26(18(27)15-24-21(29)30-23(6,7)8)19(17-13-11-10-12-14-17)20(28)25-22(3,4)5/h10-14,16,19H,9,15H2,1-8H3,(H,24,29)(H,25,28). The average Bonchev–Trinajstić information content (AvgIpc) is 2.61. The van der Waals surface area contributed by atoms with Crippen LogP contribution < -0.4 is 10.6 Å². The summed E-state index contributed by atoms with van der Waals surface area (Å²) in [5.41, 5.74) is -0.406. The lowest BCUT2D eigenvalue weighted by molar-refractivity contribution is -0.143. The summed E-state index contributed by atoms with van der Waals surface area (Å²) in [6.07, 6.45) is -0.0139. The van der Waals surface area contributed by atoms with E-state index in [4.69, 9.17) is 4.74 Å². The van der Waals surface area contributed by atoms with E-state index in [2.05, 4.69) is 10.6 Å². The average molecular weight is 420 g/mol. The zero-order valence-corrected chi connectivity index (χ0v) is 19.5. The number of alkyl carbamates (subject to hydrolysis) is 1. The van der Waals surface area contributed by atoms with E-state index in [-0.39, 0.29) is 24.4 Å². The topological polar surface area (TPSA) is 87.7 Å². The molecule has 0 aliphatic carbocycles. The van der Waals surface area contributed by atoms with Gasteiger partial charge in [-0.1, -0.05) is 37.3 Å². The van der Waals surface area contributed by atoms with Crippen molar-refractivity contribution in [2.45, 2.75) is 85.0 Å². The monoisotopic (exact) mass is 419 g/mol. The van der Waals surface area contributed by atoms with Gasteiger partial charge in [0.1, 0.15) is 18.2 Å². The molecule has 30 heavy (non-hydrogen) atoms. The Morgan fingerprint density at radius 2 is 1.60 bits per heavy atom. The smallest absolute Gasteiger partial charge is 0.408 e. The van der Waals surface area contributed by atoms with Crippen molar-refractivity contribution < 1.29 is 19.1 Å². The summed E-state index contributed by atoms with van der Waals surface area (Å²) in [4.78, 5) is 40.0. The van der Waals surface area contributed by atoms with Crippen LogP contribution in [0.4, 0.5) is 4.79 Å². The Labute approximate surface area is 180 Å². The SMILES string of the molecule is CCC(C)N(C(=O)CNC(=O)OC(C)(C)C)C(C(=O)NC(C)(C)C)c1ccccc1. The van der Waals surface area contributed by atoms with Gasteiger partial charge in [-0.2, -0.15) is 0 Å². The summed E-state index contributed by atoms with van der Waals surface area (Å²) in [6, 6.07) is 8.17. The predicted octanol–water partition coefficient (Wildman–Crippen LogP) is 3.79. The van der Waals surface area contributed by atoms with Gasteiger partial charge < -0.3 is 20.3 Å². The van der Waals surface area contributed by atoms with Crippen LogP contribution in [-0.2, 0) is 14.3 Å². The highest BCUT2D eigenvalue weighted by molar-refractivity contribution is 5.91. The van der Waals surface area contributed by atoms with E-state index >= 15 is 0 Å². The Morgan fingerprint density at radius 1 is 1.03 bits per heavy atom. The number of carbonyl (C=O) groups excluding carboxylic acids is 3. The Balaban J connectivity index is 3.19. The van der Waals surface area contributed by atoms with Gasteiger partial charge in [0.2, 0.25) is 11.8 Å². The zero-order chi connectivity index (χ0) is 23.1. The molecule has 168 valence electrons. The maximum absolute atomic E-state index is 13.2. The molecule has 2 atom stereocenters. The van der Waals surface area contributed by atoms with Crippen LogP contribution in [-0.4, -0.2) is 46.5 Å². The zero-order valence-electron chi connectivity index (χ0n) is 19.5. The summed E-state index contributed by atoms with van der Waals surface area (Å²) in [5, 5.41) is 5.49. The van der Waals surface area contributed by atoms with E-state index in [1.54, 1.807) is 25.7 Å². The molecular formula is C23H37N3O4. The Kier molecular flexibility index (Phi) is 8.88. The van der Waals surface area contributed by atoms with Gasteiger partial charge in [0.25, 0.3) is 0 Å². The molecule has 0 saturated carbocycles. The fourth-order valence-corrected chi connectivity index (χ4v) is 2.91. The maximum atomic E-state index is 13.2. The molecule has 0 aromatic heterocycles. The molecule has 0 heterocycles. The van der Waals surface area contributed by atoms with Gasteiger partial charge in [0.05, 0.1) is 0 Å². The van der Waals surface area contributed by atoms with Gasteiger partial charge in [-0.05, 0) is 60.5 Å². The number of nitrogens with zero attached hydrogens (tertiary/aromatic N) is 1. The van der Waals surface area contributed by atoms with E-state index in [1.165, 1.54) is 0 Å². The molecular weight excluding hydrogens is 382 g/mol. The van der Waals surface area contributed by atoms with Gasteiger partial charge in [-0.25, -0.2) is 4.79 Å². The third-order valence-electron chi connectivity index (χ3n) is 4.28. The molecule has 1 aromatic carbocycles. The molecule has 7 nitrogen and oxygen atoms in total. The minimum atomic E-state index is -0.812. The maximum Gasteiger partial charge on any atom is 0.408 e. The third-order valence-corrected chi connectivity index (χ3v) is 4.28. The first kappa shape index (κ1) is 25.5. The van der Waals surface area contributed by atoms with Gasteiger partial charge >= 0.3 is 6.09 Å². The molecule has 3 amide bonds. The van der Waals surface area contributed by atoms with Crippen LogP contribution in [0.3, 0.4) is 0 Å². The van der Waals surface area contributed by atoms with E-state index in [9.17, 15) is 14.4 Å². The highest BCUT2D eigenvalue weighted by Crippen LogP contribution is 2.26. The van der Waals surface area contributed by atoms with Gasteiger partial charge in [0, 0.05) is 11.6 Å². The second-order valence-electron chi connectivity index (χ2n) is 9.47. The van der Waals surface area contributed by atoms with Crippen molar-refractivity contribution in [3.8, 4) is 0 Å². The summed E-state index contributed by atoms with van der Waals surface area (Å²) < 4.78 is 5.21. The molecule has 2 unspecified atom stereocenters. The lowest BCUT2D eigenvalue weighted by Crippen LogP contribution is -2.53. The van der Waals surface area contributed by atoms with E-state index in [0.29, 0.717) is 12.0 Å². The number of hydrogen-bond acceptors (Lipinski definition) is 4. The molecule has 1 rings (SSSR count). The molecule has 0 aliphatic heterocycles. The molecule has 1 aromatic rings. The predicted molar refractivity (Wildman–Crippen MR) is 118 cm³/mol. The number of nitrogens with one attached hydrogen (secondary N) is 2. The number of hydrogen-bond donors (Lipinski definition) is 2. The summed E-state index contributed by atoms with van der Waals surface area (Å²) in [6.45, 7) is 14.5. The first-order valence-corrected chi connectivity index (χ1v) is 10.4. The van der Waals surface area contributed by atoms with Crippen LogP contribution in [0.1, 0.15) is 73.4 Å². The van der Waals surface area contributed by atoms with Gasteiger partial charge in [-0.15, -0.1) is 0 Å². The molecule has 0 bridgehead atoms. The first-order chi connectivity index (χ1) is 13.7. The van der Waals surface area contributed by atoms with E-state index in [1.807, 2.05) is 65.0 Å². The summed E-state index contributed by atoms with van der Waals surface area (Å²) in [5.74, 6) is -0.618. The summed E-state index contributed by atoms with van der Waals surface area (Å²) >= 11 is 0. The fourth-order valence-electron chi connectivity index (χ4n) is 2.91. The van der Waals surface area contributed by atoms with Gasteiger partial charge in [-0.3, -0.25) is 9.59 Å². The quantitative estimate of drug-likeness (QED) is 0.704. The molecule has 7 heteroatoms. The van der Waals surface area contributed by atoms with Crippen LogP contribution in [0.25, 0.3) is 0 Å². The van der Waals surface area contributed by atoms with Crippen molar-refractivity contribution in [3.05, 3.63) is 35.9 Å². The molecule has 0 saturated heterocycles. The second kappa shape index (κ2) is 10.5. The number of carbonyl (C=O) groups is 3. The summed E-state index contributed by atoms with van der Waals surface area (Å²) in [7, 11) is 0. The molecule has 0 radical (unpaired) electrons. The molecule has 2 N–H and O–H groups in total. The van der Waals surface area contributed by atoms with E-state index < -0.39 is 23.3 Å². The Hall–Kier alpha value is -2.57. The van der Waals surface area contributed by atoms with Crippen LogP contribution >= 0.6 is 0 Å². The lowest BCUT2D eigenvalue weighted by atomic mass is 9.99. The van der Waals surface area contributed by atoms with Crippen molar-refractivity contribution in [3.63, 3.8) is 0 Å². The number of rotatable bonds is 7. The first-order valence-electron chi connectivity index (χ1n) is 10.4. The Bertz CT molecular complexity index is 720. The number of benzene rings is 1. The third kappa shape index (κ3) is 8.43. The highest BCUT2D eigenvalue weighted by atomic mass is 16.6. The minimum Gasteiger partial charge on any atom is -0.444 e. The molecule has 0 aliphatic rings. The highest BCUT2D eigenvalue weighted by Gasteiger charge is 2.35. The van der Waals surface area contributed by atoms with Crippen molar-refractivity contribution in [2.75, 3.05) is 6.54 Å². The van der Waals surface area contributed by atoms with Crippen molar-refractivity contribution in [1.29, 1.82) is 0 Å². The van der Waals surface area contributed by atoms with Crippen LogP contribution in [0.5, 0.6) is 0 Å². The van der Waals surface area contributed by atoms with E-state index in [0.717, 1.165) is 0 Å². The molecule has 0 fully saturated rings. The van der Waals surface area contributed by atoms with Crippen molar-refractivity contribution in [1.82, 2.24) is 15.5 Å². The number of ether oxygens (including phenoxy) is 1.